The number of ether oxygens (including phenoxy) is 1. The molecular formula is C15H19ClFNO. The normalized spacial score (nSPS) is 27.5. The third-order valence-corrected chi connectivity index (χ3v) is 4.19. The molecule has 104 valence electrons. The lowest BCUT2D eigenvalue weighted by Gasteiger charge is -2.32. The highest BCUT2D eigenvalue weighted by Crippen LogP contribution is 2.36. The number of hydrogen-bond donors (Lipinski definition) is 1. The van der Waals surface area contributed by atoms with Gasteiger partial charge in [0.25, 0.3) is 0 Å². The summed E-state index contributed by atoms with van der Waals surface area (Å²) in [7, 11) is 0. The van der Waals surface area contributed by atoms with Crippen LogP contribution in [0.25, 0.3) is 0 Å². The molecule has 1 aromatic carbocycles. The second-order valence-electron chi connectivity index (χ2n) is 5.54. The van der Waals surface area contributed by atoms with Gasteiger partial charge in [-0.3, -0.25) is 0 Å². The molecule has 2 fully saturated rings. The highest BCUT2D eigenvalue weighted by atomic mass is 35.5. The molecule has 0 amide bonds. The van der Waals surface area contributed by atoms with Gasteiger partial charge in [0.05, 0.1) is 6.10 Å². The Morgan fingerprint density at radius 2 is 2.16 bits per heavy atom. The molecule has 2 nitrogen and oxygen atoms in total. The van der Waals surface area contributed by atoms with Crippen LogP contribution in [0.1, 0.15) is 37.4 Å². The van der Waals surface area contributed by atoms with Crippen LogP contribution in [0, 0.1) is 11.7 Å². The summed E-state index contributed by atoms with van der Waals surface area (Å²) in [4.78, 5) is 0. The van der Waals surface area contributed by atoms with Gasteiger partial charge in [-0.05, 0) is 43.9 Å². The van der Waals surface area contributed by atoms with Gasteiger partial charge in [-0.25, -0.2) is 4.39 Å². The van der Waals surface area contributed by atoms with E-state index in [9.17, 15) is 4.39 Å². The maximum Gasteiger partial charge on any atom is 0.129 e. The van der Waals surface area contributed by atoms with Crippen LogP contribution >= 0.6 is 11.6 Å². The highest BCUT2D eigenvalue weighted by Gasteiger charge is 2.31. The molecule has 19 heavy (non-hydrogen) atoms. The van der Waals surface area contributed by atoms with Crippen LogP contribution in [-0.4, -0.2) is 19.2 Å². The summed E-state index contributed by atoms with van der Waals surface area (Å²) in [6, 6.07) is 5.39. The van der Waals surface area contributed by atoms with E-state index in [1.54, 1.807) is 12.1 Å². The molecular weight excluding hydrogens is 265 g/mol. The molecule has 1 heterocycles. The van der Waals surface area contributed by atoms with Crippen LogP contribution in [0.3, 0.4) is 0 Å². The monoisotopic (exact) mass is 283 g/mol. The van der Waals surface area contributed by atoms with Crippen molar-refractivity contribution in [1.82, 2.24) is 5.32 Å². The fourth-order valence-electron chi connectivity index (χ4n) is 2.73. The first kappa shape index (κ1) is 13.3. The van der Waals surface area contributed by atoms with Crippen LogP contribution in [0.15, 0.2) is 18.2 Å². The molecule has 1 aliphatic heterocycles. The van der Waals surface area contributed by atoms with E-state index in [1.807, 2.05) is 0 Å². The quantitative estimate of drug-likeness (QED) is 0.910. The Morgan fingerprint density at radius 1 is 1.32 bits per heavy atom. The third-order valence-electron chi connectivity index (χ3n) is 3.96. The molecule has 1 aliphatic carbocycles. The van der Waals surface area contributed by atoms with Crippen molar-refractivity contribution in [3.63, 3.8) is 0 Å². The summed E-state index contributed by atoms with van der Waals surface area (Å²) in [6.07, 6.45) is 4.50. The average Bonchev–Trinajstić information content (AvgIpc) is 3.24. The van der Waals surface area contributed by atoms with Crippen molar-refractivity contribution in [3.05, 3.63) is 34.6 Å². The lowest BCUT2D eigenvalue weighted by atomic mass is 9.89. The van der Waals surface area contributed by atoms with Crippen LogP contribution in [0.5, 0.6) is 0 Å². The molecule has 0 radical (unpaired) electrons. The van der Waals surface area contributed by atoms with E-state index in [1.165, 1.54) is 18.9 Å². The van der Waals surface area contributed by atoms with Gasteiger partial charge in [0.2, 0.25) is 0 Å². The molecule has 2 unspecified atom stereocenters. The minimum atomic E-state index is -0.215. The molecule has 1 aromatic rings. The van der Waals surface area contributed by atoms with Gasteiger partial charge in [0.1, 0.15) is 5.82 Å². The third kappa shape index (κ3) is 3.28. The van der Waals surface area contributed by atoms with Gasteiger partial charge >= 0.3 is 0 Å². The molecule has 3 rings (SSSR count). The number of benzene rings is 1. The predicted octanol–water partition coefficient (Wildman–Crippen LogP) is 3.70. The van der Waals surface area contributed by atoms with E-state index < -0.39 is 0 Å². The predicted molar refractivity (Wildman–Crippen MR) is 73.9 cm³/mol. The molecule has 2 atom stereocenters. The van der Waals surface area contributed by atoms with Crippen LogP contribution in [-0.2, 0) is 4.74 Å². The summed E-state index contributed by atoms with van der Waals surface area (Å²) in [6.45, 7) is 1.61. The van der Waals surface area contributed by atoms with Crippen LogP contribution < -0.4 is 5.32 Å². The van der Waals surface area contributed by atoms with Crippen molar-refractivity contribution in [1.29, 1.82) is 0 Å². The maximum atomic E-state index is 14.0. The van der Waals surface area contributed by atoms with Crippen LogP contribution in [0.2, 0.25) is 5.02 Å². The zero-order chi connectivity index (χ0) is 13.2. The summed E-state index contributed by atoms with van der Waals surface area (Å²) in [5, 5.41) is 4.09. The Labute approximate surface area is 118 Å². The first-order valence-electron chi connectivity index (χ1n) is 7.04. The second-order valence-corrected chi connectivity index (χ2v) is 5.98. The van der Waals surface area contributed by atoms with Crippen molar-refractivity contribution in [3.8, 4) is 0 Å². The Kier molecular flexibility index (Phi) is 4.06. The molecule has 1 saturated carbocycles. The van der Waals surface area contributed by atoms with E-state index in [4.69, 9.17) is 16.3 Å². The fraction of sp³-hybridized carbons (Fsp3) is 0.600. The van der Waals surface area contributed by atoms with Crippen molar-refractivity contribution in [2.45, 2.75) is 37.8 Å². The maximum absolute atomic E-state index is 14.0. The van der Waals surface area contributed by atoms with Gasteiger partial charge in [-0.2, -0.15) is 0 Å². The summed E-state index contributed by atoms with van der Waals surface area (Å²) in [5.74, 6) is 0.120. The standard InChI is InChI=1S/C15H19ClFNO/c16-11-3-6-14(17)13(8-11)15-10(2-1-7-19-15)9-18-12-4-5-12/h3,6,8,10,12,15,18H,1-2,4-5,7,9H2. The lowest BCUT2D eigenvalue weighted by molar-refractivity contribution is -0.0297. The van der Waals surface area contributed by atoms with Crippen molar-refractivity contribution < 1.29 is 9.13 Å². The van der Waals surface area contributed by atoms with E-state index in [0.29, 0.717) is 29.2 Å². The minimum Gasteiger partial charge on any atom is -0.373 e. The summed E-state index contributed by atoms with van der Waals surface area (Å²) < 4.78 is 19.8. The van der Waals surface area contributed by atoms with E-state index in [-0.39, 0.29) is 11.9 Å². The van der Waals surface area contributed by atoms with Gasteiger partial charge < -0.3 is 10.1 Å². The Morgan fingerprint density at radius 3 is 2.95 bits per heavy atom. The summed E-state index contributed by atoms with van der Waals surface area (Å²) in [5.41, 5.74) is 0.606. The van der Waals surface area contributed by atoms with Gasteiger partial charge in [-0.15, -0.1) is 0 Å². The van der Waals surface area contributed by atoms with Crippen LogP contribution in [0.4, 0.5) is 4.39 Å². The molecule has 0 spiro atoms. The van der Waals surface area contributed by atoms with Gasteiger partial charge in [-0.1, -0.05) is 11.6 Å². The Hall–Kier alpha value is -0.640. The van der Waals surface area contributed by atoms with Gasteiger partial charge in [0, 0.05) is 35.7 Å². The molecule has 0 bridgehead atoms. The van der Waals surface area contributed by atoms with Crippen molar-refractivity contribution in [2.24, 2.45) is 5.92 Å². The number of halogens is 2. The molecule has 1 N–H and O–H groups in total. The fourth-order valence-corrected chi connectivity index (χ4v) is 2.91. The number of rotatable bonds is 4. The van der Waals surface area contributed by atoms with Crippen molar-refractivity contribution in [2.75, 3.05) is 13.2 Å². The molecule has 2 aliphatic rings. The zero-order valence-corrected chi connectivity index (χ0v) is 11.6. The molecule has 4 heteroatoms. The number of hydrogen-bond acceptors (Lipinski definition) is 2. The van der Waals surface area contributed by atoms with E-state index >= 15 is 0 Å². The Bertz CT molecular complexity index is 450. The molecule has 0 aromatic heterocycles. The molecule has 1 saturated heterocycles. The SMILES string of the molecule is Fc1ccc(Cl)cc1C1OCCCC1CNC1CC1. The van der Waals surface area contributed by atoms with Gasteiger partial charge in [0.15, 0.2) is 0 Å². The first-order valence-corrected chi connectivity index (χ1v) is 7.42. The summed E-state index contributed by atoms with van der Waals surface area (Å²) >= 11 is 5.98. The van der Waals surface area contributed by atoms with Crippen molar-refractivity contribution >= 4 is 11.6 Å². The average molecular weight is 284 g/mol. The lowest BCUT2D eigenvalue weighted by Crippen LogP contribution is -2.33. The zero-order valence-electron chi connectivity index (χ0n) is 10.9. The van der Waals surface area contributed by atoms with E-state index in [2.05, 4.69) is 5.32 Å². The first-order chi connectivity index (χ1) is 9.24. The minimum absolute atomic E-state index is 0.168. The smallest absolute Gasteiger partial charge is 0.129 e. The van der Waals surface area contributed by atoms with E-state index in [0.717, 1.165) is 19.4 Å². The Balaban J connectivity index is 1.75. The topological polar surface area (TPSA) is 21.3 Å². The number of nitrogens with one attached hydrogen (secondary N) is 1. The largest absolute Gasteiger partial charge is 0.373 e. The highest BCUT2D eigenvalue weighted by molar-refractivity contribution is 6.30. The second kappa shape index (κ2) is 5.78.